The highest BCUT2D eigenvalue weighted by Gasteiger charge is 2.32. The number of fused-ring (bicyclic) bond motifs is 1. The van der Waals surface area contributed by atoms with Crippen LogP contribution in [0.4, 0.5) is 4.79 Å². The predicted molar refractivity (Wildman–Crippen MR) is 93.2 cm³/mol. The number of hydrogen-bond acceptors (Lipinski definition) is 4. The van der Waals surface area contributed by atoms with Crippen molar-refractivity contribution < 1.29 is 14.3 Å². The second kappa shape index (κ2) is 7.51. The molecule has 1 aromatic heterocycles. The normalized spacial score (nSPS) is 17.3. The molecule has 24 heavy (non-hydrogen) atoms. The van der Waals surface area contributed by atoms with Crippen LogP contribution in [0, 0.1) is 0 Å². The highest BCUT2D eigenvalue weighted by Crippen LogP contribution is 2.32. The molecule has 1 aliphatic rings. The molecule has 2 aromatic rings. The number of ether oxygens (including phenoxy) is 2. The highest BCUT2D eigenvalue weighted by atomic mass is 16.6. The zero-order valence-corrected chi connectivity index (χ0v) is 14.3. The number of pyridine rings is 1. The van der Waals surface area contributed by atoms with Gasteiger partial charge in [-0.05, 0) is 30.7 Å². The molecule has 1 fully saturated rings. The fourth-order valence-electron chi connectivity index (χ4n) is 3.14. The maximum absolute atomic E-state index is 12.1. The summed E-state index contributed by atoms with van der Waals surface area (Å²) in [7, 11) is 1.64. The van der Waals surface area contributed by atoms with Crippen molar-refractivity contribution in [3.8, 4) is 5.75 Å². The second-order valence-corrected chi connectivity index (χ2v) is 6.16. The third-order valence-electron chi connectivity index (χ3n) is 4.50. The van der Waals surface area contributed by atoms with E-state index in [0.29, 0.717) is 6.54 Å². The number of hydrogen-bond donors (Lipinski definition) is 0. The Bertz CT molecular complexity index is 717. The summed E-state index contributed by atoms with van der Waals surface area (Å²) in [5, 5.41) is 0.975. The van der Waals surface area contributed by atoms with Crippen molar-refractivity contribution in [3.05, 3.63) is 36.0 Å². The topological polar surface area (TPSA) is 51.7 Å². The Morgan fingerprint density at radius 2 is 2.17 bits per heavy atom. The Hall–Kier alpha value is -2.30. The largest absolute Gasteiger partial charge is 0.497 e. The molecule has 5 heteroatoms. The van der Waals surface area contributed by atoms with Gasteiger partial charge in [-0.25, -0.2) is 4.79 Å². The third kappa shape index (κ3) is 3.45. The minimum absolute atomic E-state index is 0.218. The van der Waals surface area contributed by atoms with Gasteiger partial charge in [-0.2, -0.15) is 0 Å². The van der Waals surface area contributed by atoms with Gasteiger partial charge in [0.15, 0.2) is 0 Å². The summed E-state index contributed by atoms with van der Waals surface area (Å²) in [6.45, 7) is 3.55. The van der Waals surface area contributed by atoms with E-state index in [9.17, 15) is 4.79 Å². The van der Waals surface area contributed by atoms with Crippen molar-refractivity contribution in [2.45, 2.75) is 38.7 Å². The lowest BCUT2D eigenvalue weighted by molar-refractivity contribution is 0.133. The quantitative estimate of drug-likeness (QED) is 0.710. The molecule has 0 aliphatic carbocycles. The van der Waals surface area contributed by atoms with Gasteiger partial charge in [0.25, 0.3) is 0 Å². The maximum Gasteiger partial charge on any atom is 0.410 e. The molecule has 1 amide bonds. The van der Waals surface area contributed by atoms with Gasteiger partial charge in [-0.3, -0.25) is 4.98 Å². The van der Waals surface area contributed by atoms with E-state index < -0.39 is 0 Å². The fourth-order valence-corrected chi connectivity index (χ4v) is 3.14. The van der Waals surface area contributed by atoms with Crippen LogP contribution >= 0.6 is 0 Å². The molecule has 1 aromatic carbocycles. The number of benzene rings is 1. The molecule has 3 rings (SSSR count). The van der Waals surface area contributed by atoms with Crippen LogP contribution in [0.2, 0.25) is 0 Å². The third-order valence-corrected chi connectivity index (χ3v) is 4.50. The Labute approximate surface area is 142 Å². The standard InChI is InChI=1S/C19H24N2O3/c1-3-4-5-6-11-21-13-18(24-19(21)22)15-9-10-20-17-8-7-14(23-2)12-16(15)17/h7-10,12,18H,3-6,11,13H2,1-2H3. The zero-order valence-electron chi connectivity index (χ0n) is 14.3. The Morgan fingerprint density at radius 1 is 1.29 bits per heavy atom. The average molecular weight is 328 g/mol. The fraction of sp³-hybridized carbons (Fsp3) is 0.474. The first-order valence-corrected chi connectivity index (χ1v) is 8.61. The van der Waals surface area contributed by atoms with E-state index in [0.717, 1.165) is 41.6 Å². The van der Waals surface area contributed by atoms with Crippen molar-refractivity contribution in [2.24, 2.45) is 0 Å². The van der Waals surface area contributed by atoms with Crippen molar-refractivity contribution in [3.63, 3.8) is 0 Å². The lowest BCUT2D eigenvalue weighted by Crippen LogP contribution is -2.25. The van der Waals surface area contributed by atoms with Crippen LogP contribution in [0.5, 0.6) is 5.75 Å². The number of aromatic nitrogens is 1. The number of unbranched alkanes of at least 4 members (excludes halogenated alkanes) is 3. The van der Waals surface area contributed by atoms with Gasteiger partial charge in [0.2, 0.25) is 0 Å². The predicted octanol–water partition coefficient (Wildman–Crippen LogP) is 4.32. The van der Waals surface area contributed by atoms with Crippen molar-refractivity contribution in [1.82, 2.24) is 9.88 Å². The average Bonchev–Trinajstić information content (AvgIpc) is 2.98. The summed E-state index contributed by atoms with van der Waals surface area (Å²) in [4.78, 5) is 18.3. The van der Waals surface area contributed by atoms with E-state index in [1.165, 1.54) is 12.8 Å². The first-order valence-electron chi connectivity index (χ1n) is 8.61. The van der Waals surface area contributed by atoms with Crippen molar-refractivity contribution in [1.29, 1.82) is 0 Å². The molecular weight excluding hydrogens is 304 g/mol. The van der Waals surface area contributed by atoms with Crippen molar-refractivity contribution in [2.75, 3.05) is 20.2 Å². The van der Waals surface area contributed by atoms with E-state index in [1.807, 2.05) is 29.2 Å². The zero-order chi connectivity index (χ0) is 16.9. The van der Waals surface area contributed by atoms with E-state index >= 15 is 0 Å². The van der Waals surface area contributed by atoms with Crippen LogP contribution < -0.4 is 4.74 Å². The van der Waals surface area contributed by atoms with Gasteiger partial charge >= 0.3 is 6.09 Å². The molecule has 0 radical (unpaired) electrons. The van der Waals surface area contributed by atoms with Gasteiger partial charge in [-0.1, -0.05) is 26.2 Å². The van der Waals surface area contributed by atoms with Gasteiger partial charge in [-0.15, -0.1) is 0 Å². The summed E-state index contributed by atoms with van der Waals surface area (Å²) in [5.74, 6) is 0.775. The number of rotatable bonds is 7. The van der Waals surface area contributed by atoms with E-state index in [4.69, 9.17) is 9.47 Å². The summed E-state index contributed by atoms with van der Waals surface area (Å²) in [6, 6.07) is 7.70. The summed E-state index contributed by atoms with van der Waals surface area (Å²) >= 11 is 0. The number of cyclic esters (lactones) is 1. The smallest absolute Gasteiger partial charge is 0.410 e. The Morgan fingerprint density at radius 3 is 2.96 bits per heavy atom. The highest BCUT2D eigenvalue weighted by molar-refractivity contribution is 5.84. The molecule has 0 spiro atoms. The lowest BCUT2D eigenvalue weighted by atomic mass is 10.0. The molecule has 5 nitrogen and oxygen atoms in total. The molecule has 1 saturated heterocycles. The SMILES string of the molecule is CCCCCCN1CC(c2ccnc3ccc(OC)cc23)OC1=O. The number of carbonyl (C=O) groups is 1. The molecule has 0 N–H and O–H groups in total. The molecule has 0 saturated carbocycles. The minimum atomic E-state index is -0.249. The van der Waals surface area contributed by atoms with Gasteiger partial charge < -0.3 is 14.4 Å². The van der Waals surface area contributed by atoms with Gasteiger partial charge in [0, 0.05) is 23.7 Å². The van der Waals surface area contributed by atoms with Crippen LogP contribution in [-0.4, -0.2) is 36.2 Å². The van der Waals surface area contributed by atoms with Crippen LogP contribution in [0.25, 0.3) is 10.9 Å². The minimum Gasteiger partial charge on any atom is -0.497 e. The van der Waals surface area contributed by atoms with E-state index in [-0.39, 0.29) is 12.2 Å². The van der Waals surface area contributed by atoms with E-state index in [2.05, 4.69) is 11.9 Å². The number of methoxy groups -OCH3 is 1. The summed E-state index contributed by atoms with van der Waals surface area (Å²) in [5.41, 5.74) is 1.87. The van der Waals surface area contributed by atoms with Crippen LogP contribution in [0.3, 0.4) is 0 Å². The Kier molecular flexibility index (Phi) is 5.18. The van der Waals surface area contributed by atoms with Gasteiger partial charge in [0.05, 0.1) is 19.2 Å². The summed E-state index contributed by atoms with van der Waals surface area (Å²) in [6.07, 6.45) is 5.88. The first-order chi connectivity index (χ1) is 11.7. The van der Waals surface area contributed by atoms with Crippen LogP contribution in [0.15, 0.2) is 30.5 Å². The van der Waals surface area contributed by atoms with Crippen molar-refractivity contribution >= 4 is 17.0 Å². The monoisotopic (exact) mass is 328 g/mol. The molecular formula is C19H24N2O3. The van der Waals surface area contributed by atoms with Gasteiger partial charge in [0.1, 0.15) is 11.9 Å². The second-order valence-electron chi connectivity index (χ2n) is 6.16. The number of carbonyl (C=O) groups excluding carboxylic acids is 1. The Balaban J connectivity index is 1.77. The molecule has 0 bridgehead atoms. The molecule has 1 aliphatic heterocycles. The number of amides is 1. The van der Waals surface area contributed by atoms with Crippen LogP contribution in [0.1, 0.15) is 44.3 Å². The molecule has 1 unspecified atom stereocenters. The molecule has 2 heterocycles. The maximum atomic E-state index is 12.1. The summed E-state index contributed by atoms with van der Waals surface area (Å²) < 4.78 is 10.9. The first kappa shape index (κ1) is 16.6. The number of nitrogens with zero attached hydrogens (tertiary/aromatic N) is 2. The van der Waals surface area contributed by atoms with Crippen LogP contribution in [-0.2, 0) is 4.74 Å². The molecule has 1 atom stereocenters. The van der Waals surface area contributed by atoms with E-state index in [1.54, 1.807) is 13.3 Å². The molecule has 128 valence electrons. The lowest BCUT2D eigenvalue weighted by Gasteiger charge is -2.14.